The summed E-state index contributed by atoms with van der Waals surface area (Å²) in [6.45, 7) is 2.17. The normalized spacial score (nSPS) is 10.8. The van der Waals surface area contributed by atoms with E-state index in [-0.39, 0.29) is 24.2 Å². The third-order valence-electron chi connectivity index (χ3n) is 3.32. The third-order valence-corrected chi connectivity index (χ3v) is 4.26. The molecular formula is C16H16FN5OS. The zero-order valence-corrected chi connectivity index (χ0v) is 13.8. The lowest BCUT2D eigenvalue weighted by molar-refractivity contribution is 0.298. The van der Waals surface area contributed by atoms with Gasteiger partial charge >= 0.3 is 0 Å². The molecule has 4 N–H and O–H groups in total. The average molecular weight is 345 g/mol. The Morgan fingerprint density at radius 2 is 1.88 bits per heavy atom. The number of rotatable bonds is 5. The monoisotopic (exact) mass is 345 g/mol. The van der Waals surface area contributed by atoms with Crippen molar-refractivity contribution >= 4 is 23.1 Å². The SMILES string of the molecule is CCc1nc(N)nc(N)c1OCc1csc(-c2ccc(F)cc2)n1. The van der Waals surface area contributed by atoms with Crippen LogP contribution in [0.5, 0.6) is 5.75 Å². The summed E-state index contributed by atoms with van der Waals surface area (Å²) >= 11 is 1.46. The van der Waals surface area contributed by atoms with Crippen molar-refractivity contribution in [1.29, 1.82) is 0 Å². The van der Waals surface area contributed by atoms with Crippen molar-refractivity contribution in [3.05, 3.63) is 46.9 Å². The van der Waals surface area contributed by atoms with Crippen LogP contribution in [-0.2, 0) is 13.0 Å². The summed E-state index contributed by atoms with van der Waals surface area (Å²) in [5.74, 6) is 0.505. The standard InChI is InChI=1S/C16H16FN5OS/c1-2-12-13(14(18)22-16(19)21-12)23-7-11-8-24-15(20-11)9-3-5-10(17)6-4-9/h3-6,8H,2,7H2,1H3,(H4,18,19,21,22). The van der Waals surface area contributed by atoms with Gasteiger partial charge in [-0.1, -0.05) is 6.92 Å². The predicted octanol–water partition coefficient (Wildman–Crippen LogP) is 3.05. The highest BCUT2D eigenvalue weighted by Crippen LogP contribution is 2.27. The van der Waals surface area contributed by atoms with Gasteiger partial charge in [-0.25, -0.2) is 14.4 Å². The summed E-state index contributed by atoms with van der Waals surface area (Å²) in [7, 11) is 0. The second-order valence-electron chi connectivity index (χ2n) is 5.04. The molecule has 124 valence electrons. The maximum atomic E-state index is 13.0. The molecule has 3 aromatic rings. The Morgan fingerprint density at radius 1 is 1.12 bits per heavy atom. The molecule has 6 nitrogen and oxygen atoms in total. The second-order valence-corrected chi connectivity index (χ2v) is 5.89. The summed E-state index contributed by atoms with van der Waals surface area (Å²) in [5, 5.41) is 2.68. The molecule has 2 aromatic heterocycles. The first-order valence-electron chi connectivity index (χ1n) is 7.31. The van der Waals surface area contributed by atoms with Crippen LogP contribution in [0.15, 0.2) is 29.6 Å². The van der Waals surface area contributed by atoms with E-state index in [0.29, 0.717) is 17.9 Å². The minimum absolute atomic E-state index is 0.129. The molecule has 0 unspecified atom stereocenters. The first kappa shape index (κ1) is 16.1. The molecule has 0 atom stereocenters. The van der Waals surface area contributed by atoms with E-state index in [0.717, 1.165) is 16.3 Å². The summed E-state index contributed by atoms with van der Waals surface area (Å²) in [6, 6.07) is 6.21. The Hall–Kier alpha value is -2.74. The van der Waals surface area contributed by atoms with Gasteiger partial charge in [0, 0.05) is 10.9 Å². The lowest BCUT2D eigenvalue weighted by Crippen LogP contribution is -2.08. The van der Waals surface area contributed by atoms with Crippen LogP contribution in [0.3, 0.4) is 0 Å². The Morgan fingerprint density at radius 3 is 2.58 bits per heavy atom. The van der Waals surface area contributed by atoms with Crippen LogP contribution >= 0.6 is 11.3 Å². The molecule has 0 bridgehead atoms. The first-order chi connectivity index (χ1) is 11.6. The Kier molecular flexibility index (Phi) is 4.57. The van der Waals surface area contributed by atoms with Crippen LogP contribution in [0.2, 0.25) is 0 Å². The van der Waals surface area contributed by atoms with E-state index in [1.165, 1.54) is 23.5 Å². The number of aryl methyl sites for hydroxylation is 1. The Bertz CT molecular complexity index is 850. The largest absolute Gasteiger partial charge is 0.481 e. The van der Waals surface area contributed by atoms with Crippen LogP contribution < -0.4 is 16.2 Å². The molecule has 0 fully saturated rings. The molecule has 2 heterocycles. The second kappa shape index (κ2) is 6.79. The number of nitrogens with two attached hydrogens (primary N) is 2. The molecule has 0 aliphatic carbocycles. The smallest absolute Gasteiger partial charge is 0.222 e. The number of benzene rings is 1. The quantitative estimate of drug-likeness (QED) is 0.737. The summed E-state index contributed by atoms with van der Waals surface area (Å²) < 4.78 is 18.7. The molecule has 0 radical (unpaired) electrons. The number of hydrogen-bond donors (Lipinski definition) is 2. The van der Waals surface area contributed by atoms with Crippen molar-refractivity contribution in [2.75, 3.05) is 11.5 Å². The van der Waals surface area contributed by atoms with Crippen molar-refractivity contribution in [2.45, 2.75) is 20.0 Å². The Labute approximate surface area is 142 Å². The van der Waals surface area contributed by atoms with Gasteiger partial charge in [0.15, 0.2) is 11.6 Å². The fraction of sp³-hybridized carbons (Fsp3) is 0.188. The van der Waals surface area contributed by atoms with Gasteiger partial charge in [-0.3, -0.25) is 0 Å². The number of anilines is 2. The van der Waals surface area contributed by atoms with Gasteiger partial charge in [0.2, 0.25) is 5.95 Å². The average Bonchev–Trinajstić information content (AvgIpc) is 3.03. The van der Waals surface area contributed by atoms with Gasteiger partial charge in [0.1, 0.15) is 17.4 Å². The highest BCUT2D eigenvalue weighted by molar-refractivity contribution is 7.13. The zero-order valence-electron chi connectivity index (χ0n) is 13.0. The predicted molar refractivity (Wildman–Crippen MR) is 92.1 cm³/mol. The number of nitrogen functional groups attached to an aromatic ring is 2. The number of thiazole rings is 1. The van der Waals surface area contributed by atoms with Gasteiger partial charge < -0.3 is 16.2 Å². The van der Waals surface area contributed by atoms with Gasteiger partial charge in [-0.05, 0) is 30.7 Å². The maximum Gasteiger partial charge on any atom is 0.222 e. The van der Waals surface area contributed by atoms with Crippen molar-refractivity contribution in [1.82, 2.24) is 15.0 Å². The van der Waals surface area contributed by atoms with Crippen LogP contribution in [0.25, 0.3) is 10.6 Å². The lowest BCUT2D eigenvalue weighted by Gasteiger charge is -2.11. The molecule has 0 spiro atoms. The van der Waals surface area contributed by atoms with Crippen molar-refractivity contribution in [2.24, 2.45) is 0 Å². The maximum absolute atomic E-state index is 13.0. The van der Waals surface area contributed by atoms with Gasteiger partial charge in [-0.15, -0.1) is 11.3 Å². The minimum atomic E-state index is -0.273. The molecule has 8 heteroatoms. The van der Waals surface area contributed by atoms with Crippen LogP contribution in [0.1, 0.15) is 18.3 Å². The molecular weight excluding hydrogens is 329 g/mol. The molecule has 0 aliphatic heterocycles. The van der Waals surface area contributed by atoms with Crippen molar-refractivity contribution < 1.29 is 9.13 Å². The van der Waals surface area contributed by atoms with Crippen LogP contribution in [0, 0.1) is 5.82 Å². The molecule has 0 amide bonds. The third kappa shape index (κ3) is 3.43. The number of ether oxygens (including phenoxy) is 1. The van der Waals surface area contributed by atoms with E-state index in [1.807, 2.05) is 12.3 Å². The summed E-state index contributed by atoms with van der Waals surface area (Å²) in [4.78, 5) is 12.5. The fourth-order valence-electron chi connectivity index (χ4n) is 2.18. The van der Waals surface area contributed by atoms with Crippen LogP contribution in [-0.4, -0.2) is 15.0 Å². The number of nitrogens with zero attached hydrogens (tertiary/aromatic N) is 3. The minimum Gasteiger partial charge on any atom is -0.481 e. The van der Waals surface area contributed by atoms with Crippen molar-refractivity contribution in [3.8, 4) is 16.3 Å². The topological polar surface area (TPSA) is 99.9 Å². The molecule has 24 heavy (non-hydrogen) atoms. The zero-order chi connectivity index (χ0) is 17.1. The van der Waals surface area contributed by atoms with Gasteiger partial charge in [0.25, 0.3) is 0 Å². The van der Waals surface area contributed by atoms with Crippen molar-refractivity contribution in [3.63, 3.8) is 0 Å². The first-order valence-corrected chi connectivity index (χ1v) is 8.19. The van der Waals surface area contributed by atoms with E-state index in [4.69, 9.17) is 16.2 Å². The van der Waals surface area contributed by atoms with Gasteiger partial charge in [0.05, 0.1) is 11.4 Å². The van der Waals surface area contributed by atoms with Crippen LogP contribution in [0.4, 0.5) is 16.2 Å². The molecule has 0 saturated carbocycles. The molecule has 3 rings (SSSR count). The van der Waals surface area contributed by atoms with E-state index in [1.54, 1.807) is 12.1 Å². The fourth-order valence-corrected chi connectivity index (χ4v) is 2.99. The number of halogens is 1. The molecule has 0 saturated heterocycles. The molecule has 0 aliphatic rings. The number of aromatic nitrogens is 3. The van der Waals surface area contributed by atoms with E-state index < -0.39 is 0 Å². The van der Waals surface area contributed by atoms with E-state index >= 15 is 0 Å². The van der Waals surface area contributed by atoms with E-state index in [2.05, 4.69) is 15.0 Å². The van der Waals surface area contributed by atoms with E-state index in [9.17, 15) is 4.39 Å². The Balaban J connectivity index is 1.75. The highest BCUT2D eigenvalue weighted by Gasteiger charge is 2.13. The summed E-state index contributed by atoms with van der Waals surface area (Å²) in [5.41, 5.74) is 13.7. The highest BCUT2D eigenvalue weighted by atomic mass is 32.1. The lowest BCUT2D eigenvalue weighted by atomic mass is 10.2. The summed E-state index contributed by atoms with van der Waals surface area (Å²) in [6.07, 6.45) is 0.629. The molecule has 1 aromatic carbocycles. The van der Waals surface area contributed by atoms with Gasteiger partial charge in [-0.2, -0.15) is 4.98 Å². The number of hydrogen-bond acceptors (Lipinski definition) is 7.